The molecule has 2 N–H and O–H groups in total. The molecular formula is C27H33N3O4. The maximum atomic E-state index is 13.0. The van der Waals surface area contributed by atoms with Gasteiger partial charge in [-0.25, -0.2) is 9.59 Å². The predicted octanol–water partition coefficient (Wildman–Crippen LogP) is 5.20. The minimum absolute atomic E-state index is 0.199. The largest absolute Gasteiger partial charge is 0.462 e. The number of carbonyl (C=O) groups is 3. The number of benzene rings is 2. The normalized spacial score (nSPS) is 15.9. The van der Waals surface area contributed by atoms with E-state index >= 15 is 0 Å². The maximum Gasteiger partial charge on any atom is 0.338 e. The van der Waals surface area contributed by atoms with Crippen LogP contribution in [0.4, 0.5) is 10.5 Å². The van der Waals surface area contributed by atoms with E-state index in [9.17, 15) is 14.4 Å². The van der Waals surface area contributed by atoms with Gasteiger partial charge in [0.2, 0.25) is 0 Å². The van der Waals surface area contributed by atoms with Crippen molar-refractivity contribution < 1.29 is 19.1 Å². The lowest BCUT2D eigenvalue weighted by Gasteiger charge is -2.35. The first-order valence-corrected chi connectivity index (χ1v) is 11.6. The van der Waals surface area contributed by atoms with Crippen LogP contribution in [0.1, 0.15) is 61.6 Å². The average molecular weight is 464 g/mol. The first-order chi connectivity index (χ1) is 16.2. The second-order valence-corrected chi connectivity index (χ2v) is 8.97. The van der Waals surface area contributed by atoms with E-state index in [4.69, 9.17) is 4.74 Å². The molecule has 3 amide bonds. The van der Waals surface area contributed by atoms with Crippen LogP contribution in [0.2, 0.25) is 0 Å². The molecule has 7 nitrogen and oxygen atoms in total. The lowest BCUT2D eigenvalue weighted by Crippen LogP contribution is -2.48. The summed E-state index contributed by atoms with van der Waals surface area (Å²) in [7, 11) is 0. The Bertz CT molecular complexity index is 1070. The zero-order chi connectivity index (χ0) is 24.8. The van der Waals surface area contributed by atoms with Gasteiger partial charge in [-0.1, -0.05) is 50.6 Å². The number of ether oxygens (including phenoxy) is 1. The van der Waals surface area contributed by atoms with Crippen LogP contribution in [-0.2, 0) is 9.53 Å². The number of anilines is 1. The predicted molar refractivity (Wildman–Crippen MR) is 132 cm³/mol. The number of hydrogen-bond acceptors (Lipinski definition) is 4. The van der Waals surface area contributed by atoms with Gasteiger partial charge in [0.1, 0.15) is 0 Å². The van der Waals surface area contributed by atoms with Crippen LogP contribution in [-0.4, -0.2) is 36.0 Å². The Morgan fingerprint density at radius 1 is 1.06 bits per heavy atom. The van der Waals surface area contributed by atoms with Gasteiger partial charge < -0.3 is 15.4 Å². The molecule has 3 rings (SSSR count). The fourth-order valence-corrected chi connectivity index (χ4v) is 3.78. The van der Waals surface area contributed by atoms with Crippen molar-refractivity contribution in [1.82, 2.24) is 10.2 Å². The van der Waals surface area contributed by atoms with Gasteiger partial charge in [-0.3, -0.25) is 9.69 Å². The maximum absolute atomic E-state index is 13.0. The number of urea groups is 1. The zero-order valence-electron chi connectivity index (χ0n) is 20.5. The number of nitrogens with one attached hydrogen (secondary N) is 2. The first kappa shape index (κ1) is 25.0. The van der Waals surface area contributed by atoms with Crippen LogP contribution in [0.3, 0.4) is 0 Å². The molecule has 1 unspecified atom stereocenters. The van der Waals surface area contributed by atoms with Gasteiger partial charge >= 0.3 is 12.0 Å². The van der Waals surface area contributed by atoms with Crippen molar-refractivity contribution in [2.45, 2.75) is 47.1 Å². The van der Waals surface area contributed by atoms with E-state index in [-0.39, 0.29) is 17.9 Å². The van der Waals surface area contributed by atoms with Gasteiger partial charge in [-0.2, -0.15) is 0 Å². The van der Waals surface area contributed by atoms with Crippen LogP contribution in [0, 0.1) is 12.8 Å². The Morgan fingerprint density at radius 2 is 1.71 bits per heavy atom. The van der Waals surface area contributed by atoms with Crippen molar-refractivity contribution in [3.05, 3.63) is 76.5 Å². The lowest BCUT2D eigenvalue weighted by atomic mass is 9.94. The number of allylic oxidation sites excluding steroid dienone is 1. The standard InChI is InChI=1S/C27H33N3O4/c1-6-15-30-19(5)23(26(32)34-16-17(2)3)24(29-27(30)33)20-11-13-22(14-12-20)28-25(31)21-9-7-18(4)8-10-21/h7-14,17,24H,6,15-16H2,1-5H3,(H,28,31)(H,29,33). The molecule has 2 aromatic rings. The van der Waals surface area contributed by atoms with E-state index in [2.05, 4.69) is 10.6 Å². The highest BCUT2D eigenvalue weighted by molar-refractivity contribution is 6.04. The van der Waals surface area contributed by atoms with E-state index in [0.29, 0.717) is 35.7 Å². The van der Waals surface area contributed by atoms with E-state index in [1.54, 1.807) is 48.2 Å². The van der Waals surface area contributed by atoms with Crippen LogP contribution in [0.15, 0.2) is 59.8 Å². The molecule has 0 radical (unpaired) electrons. The molecule has 1 atom stereocenters. The third-order valence-corrected chi connectivity index (χ3v) is 5.63. The number of nitrogens with zero attached hydrogens (tertiary/aromatic N) is 1. The molecule has 1 aliphatic rings. The highest BCUT2D eigenvalue weighted by Gasteiger charge is 2.36. The van der Waals surface area contributed by atoms with Crippen LogP contribution >= 0.6 is 0 Å². The minimum Gasteiger partial charge on any atom is -0.462 e. The zero-order valence-corrected chi connectivity index (χ0v) is 20.5. The van der Waals surface area contributed by atoms with Gasteiger partial charge in [0.05, 0.1) is 18.2 Å². The molecule has 2 aromatic carbocycles. The van der Waals surface area contributed by atoms with Crippen molar-refractivity contribution in [1.29, 1.82) is 0 Å². The summed E-state index contributed by atoms with van der Waals surface area (Å²) in [6.07, 6.45) is 0.763. The van der Waals surface area contributed by atoms with Crippen LogP contribution < -0.4 is 10.6 Å². The quantitative estimate of drug-likeness (QED) is 0.527. The van der Waals surface area contributed by atoms with Gasteiger partial charge in [0, 0.05) is 23.5 Å². The summed E-state index contributed by atoms with van der Waals surface area (Å²) in [5.41, 5.74) is 4.02. The summed E-state index contributed by atoms with van der Waals surface area (Å²) < 4.78 is 5.53. The highest BCUT2D eigenvalue weighted by atomic mass is 16.5. The summed E-state index contributed by atoms with van der Waals surface area (Å²) in [5.74, 6) is -0.443. The molecule has 0 saturated heterocycles. The number of carbonyl (C=O) groups excluding carboxylic acids is 3. The lowest BCUT2D eigenvalue weighted by molar-refractivity contribution is -0.140. The Hall–Kier alpha value is -3.61. The molecule has 34 heavy (non-hydrogen) atoms. The molecule has 0 saturated carbocycles. The second kappa shape index (κ2) is 11.0. The van der Waals surface area contributed by atoms with E-state index in [0.717, 1.165) is 17.5 Å². The summed E-state index contributed by atoms with van der Waals surface area (Å²) >= 11 is 0. The molecule has 0 aliphatic carbocycles. The Labute approximate surface area is 201 Å². The number of hydrogen-bond donors (Lipinski definition) is 2. The number of aryl methyl sites for hydroxylation is 1. The molecule has 0 spiro atoms. The smallest absolute Gasteiger partial charge is 0.338 e. The van der Waals surface area contributed by atoms with E-state index < -0.39 is 12.0 Å². The van der Waals surface area contributed by atoms with Crippen molar-refractivity contribution >= 4 is 23.6 Å². The molecular weight excluding hydrogens is 430 g/mol. The highest BCUT2D eigenvalue weighted by Crippen LogP contribution is 2.32. The Kier molecular flexibility index (Phi) is 8.10. The summed E-state index contributed by atoms with van der Waals surface area (Å²) in [6.45, 7) is 10.5. The van der Waals surface area contributed by atoms with Gasteiger partial charge in [-0.05, 0) is 56.0 Å². The summed E-state index contributed by atoms with van der Waals surface area (Å²) in [4.78, 5) is 39.9. The minimum atomic E-state index is -0.637. The molecule has 7 heteroatoms. The van der Waals surface area contributed by atoms with E-state index in [1.807, 2.05) is 39.8 Å². The van der Waals surface area contributed by atoms with Crippen molar-refractivity contribution in [3.63, 3.8) is 0 Å². The Balaban J connectivity index is 1.85. The van der Waals surface area contributed by atoms with Gasteiger partial charge in [0.15, 0.2) is 0 Å². The molecule has 0 bridgehead atoms. The SMILES string of the molecule is CCCN1C(=O)NC(c2ccc(NC(=O)c3ccc(C)cc3)cc2)C(C(=O)OCC(C)C)=C1C. The number of esters is 1. The fourth-order valence-electron chi connectivity index (χ4n) is 3.78. The fraction of sp³-hybridized carbons (Fsp3) is 0.370. The van der Waals surface area contributed by atoms with Crippen molar-refractivity contribution in [2.75, 3.05) is 18.5 Å². The topological polar surface area (TPSA) is 87.7 Å². The average Bonchev–Trinajstić information content (AvgIpc) is 2.80. The first-order valence-electron chi connectivity index (χ1n) is 11.6. The second-order valence-electron chi connectivity index (χ2n) is 8.97. The molecule has 180 valence electrons. The third-order valence-electron chi connectivity index (χ3n) is 5.63. The summed E-state index contributed by atoms with van der Waals surface area (Å²) in [5, 5.41) is 5.83. The summed E-state index contributed by atoms with van der Waals surface area (Å²) in [6, 6.07) is 13.6. The molecule has 0 aromatic heterocycles. The Morgan fingerprint density at radius 3 is 2.29 bits per heavy atom. The molecule has 1 aliphatic heterocycles. The van der Waals surface area contributed by atoms with Gasteiger partial charge in [0.25, 0.3) is 5.91 Å². The van der Waals surface area contributed by atoms with Crippen molar-refractivity contribution in [3.8, 4) is 0 Å². The van der Waals surface area contributed by atoms with Crippen molar-refractivity contribution in [2.24, 2.45) is 5.92 Å². The van der Waals surface area contributed by atoms with Crippen LogP contribution in [0.25, 0.3) is 0 Å². The number of amides is 3. The van der Waals surface area contributed by atoms with E-state index in [1.165, 1.54) is 0 Å². The number of rotatable bonds is 8. The van der Waals surface area contributed by atoms with Gasteiger partial charge in [-0.15, -0.1) is 0 Å². The molecule has 0 fully saturated rings. The molecule has 1 heterocycles. The van der Waals surface area contributed by atoms with Crippen LogP contribution in [0.5, 0.6) is 0 Å². The monoisotopic (exact) mass is 463 g/mol. The third kappa shape index (κ3) is 5.84.